The third-order valence-corrected chi connectivity index (χ3v) is 8.04. The van der Waals surface area contributed by atoms with Crippen molar-refractivity contribution in [3.63, 3.8) is 0 Å². The maximum atomic E-state index is 14.7. The second kappa shape index (κ2) is 11.3. The SMILES string of the molecule is COc1cc(C(=O)NCC(O)(c2cc3c(c(-c4cnc(Cl)c(Cl)c4)n2)OC[C@]3(C)C(N)=O)C(F)(F)F)cc2cn(C(F)F)nc12. The number of hydrogen-bond donors (Lipinski definition) is 3. The molecule has 2 atom stereocenters. The molecule has 45 heavy (non-hydrogen) atoms. The van der Waals surface area contributed by atoms with Gasteiger partial charge in [-0.25, -0.2) is 14.6 Å². The van der Waals surface area contributed by atoms with Crippen molar-refractivity contribution in [1.82, 2.24) is 25.1 Å². The van der Waals surface area contributed by atoms with E-state index in [0.717, 1.165) is 30.6 Å². The molecule has 5 rings (SSSR count). The Morgan fingerprint density at radius 2 is 1.96 bits per heavy atom. The number of fused-ring (bicyclic) bond motifs is 2. The largest absolute Gasteiger partial charge is 0.494 e. The molecule has 1 aliphatic heterocycles. The molecule has 2 amide bonds. The summed E-state index contributed by atoms with van der Waals surface area (Å²) in [7, 11) is 1.18. The fraction of sp³-hybridized carbons (Fsp3) is 0.296. The first-order chi connectivity index (χ1) is 21.0. The molecule has 11 nitrogen and oxygen atoms in total. The predicted octanol–water partition coefficient (Wildman–Crippen LogP) is 4.52. The Labute approximate surface area is 260 Å². The van der Waals surface area contributed by atoms with E-state index in [1.165, 1.54) is 20.1 Å². The molecule has 0 bridgehead atoms. The number of ether oxygens (including phenoxy) is 2. The maximum absolute atomic E-state index is 14.7. The standard InChI is InChI=1S/C27H21Cl2F5N6O5/c1-25(23(35)42)10-45-20-14(25)6-17(38-19(20)12-4-15(28)21(29)36-7-12)26(43,27(32,33)34)9-37-22(41)11-3-13-8-40(24(30)31)39-18(13)16(5-11)44-2/h3-8,24,43H,9-10H2,1-2H3,(H2,35,42)(H,37,41)/t25-,26?/m0/s1. The number of aliphatic hydroxyl groups is 1. The van der Waals surface area contributed by atoms with E-state index in [4.69, 9.17) is 38.4 Å². The molecule has 1 aliphatic rings. The number of amides is 2. The van der Waals surface area contributed by atoms with Crippen LogP contribution in [0.15, 0.2) is 36.7 Å². The number of halogens is 7. The van der Waals surface area contributed by atoms with Crippen LogP contribution in [0, 0.1) is 0 Å². The number of nitrogens with one attached hydrogen (secondary N) is 1. The smallest absolute Gasteiger partial charge is 0.424 e. The Kier molecular flexibility index (Phi) is 8.04. The summed E-state index contributed by atoms with van der Waals surface area (Å²) in [5, 5.41) is 16.8. The van der Waals surface area contributed by atoms with Gasteiger partial charge in [-0.1, -0.05) is 23.2 Å². The second-order valence-electron chi connectivity index (χ2n) is 10.3. The zero-order valence-corrected chi connectivity index (χ0v) is 24.6. The second-order valence-corrected chi connectivity index (χ2v) is 11.0. The minimum atomic E-state index is -5.45. The lowest BCUT2D eigenvalue weighted by Crippen LogP contribution is -2.51. The maximum Gasteiger partial charge on any atom is 0.424 e. The average Bonchev–Trinajstić information content (AvgIpc) is 3.58. The van der Waals surface area contributed by atoms with Gasteiger partial charge in [0.2, 0.25) is 11.5 Å². The fourth-order valence-corrected chi connectivity index (χ4v) is 4.97. The van der Waals surface area contributed by atoms with E-state index in [-0.39, 0.29) is 61.6 Å². The van der Waals surface area contributed by atoms with Crippen LogP contribution in [0.5, 0.6) is 11.5 Å². The summed E-state index contributed by atoms with van der Waals surface area (Å²) in [6.07, 6.45) is -3.37. The fourth-order valence-electron chi connectivity index (χ4n) is 4.70. The van der Waals surface area contributed by atoms with Crippen LogP contribution in [0.1, 0.15) is 35.1 Å². The van der Waals surface area contributed by atoms with Crippen LogP contribution in [0.3, 0.4) is 0 Å². The number of aromatic nitrogens is 4. The summed E-state index contributed by atoms with van der Waals surface area (Å²) in [5.74, 6) is -2.25. The number of methoxy groups -OCH3 is 1. The number of hydrogen-bond acceptors (Lipinski definition) is 8. The van der Waals surface area contributed by atoms with E-state index < -0.39 is 47.8 Å². The first kappa shape index (κ1) is 32.1. The van der Waals surface area contributed by atoms with Crippen molar-refractivity contribution in [2.45, 2.75) is 30.7 Å². The van der Waals surface area contributed by atoms with Gasteiger partial charge in [0.25, 0.3) is 5.91 Å². The molecule has 1 aromatic carbocycles. The third kappa shape index (κ3) is 5.46. The molecule has 0 fully saturated rings. The highest BCUT2D eigenvalue weighted by Crippen LogP contribution is 2.48. The molecule has 0 spiro atoms. The number of pyridine rings is 2. The molecule has 4 N–H and O–H groups in total. The molecular formula is C27H21Cl2F5N6O5. The Morgan fingerprint density at radius 1 is 1.24 bits per heavy atom. The Balaban J connectivity index is 1.59. The number of carbonyl (C=O) groups excluding carboxylic acids is 2. The van der Waals surface area contributed by atoms with Crippen molar-refractivity contribution in [1.29, 1.82) is 0 Å². The summed E-state index contributed by atoms with van der Waals surface area (Å²) in [4.78, 5) is 33.4. The number of carbonyl (C=O) groups is 2. The highest BCUT2D eigenvalue weighted by molar-refractivity contribution is 6.41. The predicted molar refractivity (Wildman–Crippen MR) is 149 cm³/mol. The Morgan fingerprint density at radius 3 is 2.56 bits per heavy atom. The molecule has 18 heteroatoms. The number of nitrogens with two attached hydrogens (primary N) is 1. The van der Waals surface area contributed by atoms with Crippen molar-refractivity contribution < 1.29 is 46.1 Å². The van der Waals surface area contributed by atoms with Gasteiger partial charge in [-0.15, -0.1) is 0 Å². The minimum absolute atomic E-state index is 0.0208. The quantitative estimate of drug-likeness (QED) is 0.182. The molecule has 0 aliphatic carbocycles. The molecule has 0 saturated carbocycles. The molecule has 3 aromatic heterocycles. The number of rotatable bonds is 8. The van der Waals surface area contributed by atoms with Crippen LogP contribution in [0.2, 0.25) is 10.2 Å². The highest BCUT2D eigenvalue weighted by Gasteiger charge is 2.57. The Bertz CT molecular complexity index is 1860. The van der Waals surface area contributed by atoms with Gasteiger partial charge in [0.15, 0.2) is 0 Å². The topological polar surface area (TPSA) is 154 Å². The van der Waals surface area contributed by atoms with E-state index in [0.29, 0.717) is 4.68 Å². The van der Waals surface area contributed by atoms with Crippen LogP contribution in [0.25, 0.3) is 22.2 Å². The molecule has 0 saturated heterocycles. The van der Waals surface area contributed by atoms with E-state index in [1.807, 2.05) is 5.32 Å². The van der Waals surface area contributed by atoms with Crippen molar-refractivity contribution in [2.75, 3.05) is 20.3 Å². The van der Waals surface area contributed by atoms with Crippen LogP contribution in [-0.4, -0.2) is 63.1 Å². The van der Waals surface area contributed by atoms with Crippen molar-refractivity contribution in [3.05, 3.63) is 63.7 Å². The minimum Gasteiger partial charge on any atom is -0.494 e. The lowest BCUT2D eigenvalue weighted by atomic mass is 9.82. The first-order valence-corrected chi connectivity index (χ1v) is 13.5. The molecule has 0 radical (unpaired) electrons. The van der Waals surface area contributed by atoms with Crippen LogP contribution in [-0.2, 0) is 15.8 Å². The van der Waals surface area contributed by atoms with Gasteiger partial charge in [-0.2, -0.15) is 27.1 Å². The summed E-state index contributed by atoms with van der Waals surface area (Å²) in [5.41, 5.74) is -1.55. The lowest BCUT2D eigenvalue weighted by molar-refractivity contribution is -0.265. The zero-order valence-electron chi connectivity index (χ0n) is 23.0. The number of nitrogens with zero attached hydrogens (tertiary/aromatic N) is 4. The average molecular weight is 675 g/mol. The van der Waals surface area contributed by atoms with Crippen LogP contribution >= 0.6 is 23.2 Å². The zero-order chi connectivity index (χ0) is 33.1. The van der Waals surface area contributed by atoms with Gasteiger partial charge in [0.05, 0.1) is 24.4 Å². The monoisotopic (exact) mass is 674 g/mol. The van der Waals surface area contributed by atoms with Gasteiger partial charge in [0.1, 0.15) is 39.9 Å². The third-order valence-electron chi connectivity index (χ3n) is 7.36. The molecule has 238 valence electrons. The number of alkyl halides is 5. The highest BCUT2D eigenvalue weighted by atomic mass is 35.5. The van der Waals surface area contributed by atoms with Gasteiger partial charge in [-0.05, 0) is 31.2 Å². The molecule has 4 heterocycles. The summed E-state index contributed by atoms with van der Waals surface area (Å²) in [6, 6.07) is 4.28. The molecular weight excluding hydrogens is 654 g/mol. The number of benzene rings is 1. The lowest BCUT2D eigenvalue weighted by Gasteiger charge is -2.31. The van der Waals surface area contributed by atoms with Gasteiger partial charge in [-0.3, -0.25) is 9.59 Å². The summed E-state index contributed by atoms with van der Waals surface area (Å²) < 4.78 is 81.5. The van der Waals surface area contributed by atoms with Gasteiger partial charge in [0, 0.05) is 34.5 Å². The van der Waals surface area contributed by atoms with Gasteiger partial charge >= 0.3 is 12.7 Å². The van der Waals surface area contributed by atoms with Crippen LogP contribution in [0.4, 0.5) is 22.0 Å². The summed E-state index contributed by atoms with van der Waals surface area (Å²) in [6.45, 7) is -3.48. The van der Waals surface area contributed by atoms with E-state index in [9.17, 15) is 36.6 Å². The van der Waals surface area contributed by atoms with Crippen LogP contribution < -0.4 is 20.5 Å². The molecule has 4 aromatic rings. The van der Waals surface area contributed by atoms with E-state index in [1.54, 1.807) is 0 Å². The number of primary amides is 1. The summed E-state index contributed by atoms with van der Waals surface area (Å²) >= 11 is 12.0. The van der Waals surface area contributed by atoms with E-state index in [2.05, 4.69) is 15.1 Å². The van der Waals surface area contributed by atoms with Gasteiger partial charge < -0.3 is 25.6 Å². The molecule has 1 unspecified atom stereocenters. The Hall–Kier alpha value is -4.28. The normalized spacial score (nSPS) is 17.6. The first-order valence-electron chi connectivity index (χ1n) is 12.7. The van der Waals surface area contributed by atoms with E-state index >= 15 is 0 Å². The van der Waals surface area contributed by atoms with Crippen molar-refractivity contribution >= 4 is 45.9 Å². The van der Waals surface area contributed by atoms with Crippen molar-refractivity contribution in [3.8, 4) is 22.8 Å². The van der Waals surface area contributed by atoms with Crippen molar-refractivity contribution in [2.24, 2.45) is 5.73 Å².